The van der Waals surface area contributed by atoms with Crippen LogP contribution in [0.4, 0.5) is 4.79 Å². The number of nitrogens with one attached hydrogen (secondary N) is 10. The van der Waals surface area contributed by atoms with Crippen molar-refractivity contribution in [1.82, 2.24) is 53.2 Å². The molecule has 608 valence electrons. The number of imide groups is 1. The summed E-state index contributed by atoms with van der Waals surface area (Å²) in [5, 5.41) is 121. The number of aliphatic hydroxyl groups is 5. The van der Waals surface area contributed by atoms with Crippen LogP contribution in [0.3, 0.4) is 0 Å². The number of unbranched alkanes of at least 4 members (excludes halogenated alkanes) is 6. The molecule has 113 heavy (non-hydrogen) atoms. The highest BCUT2D eigenvalue weighted by Crippen LogP contribution is 2.55. The summed E-state index contributed by atoms with van der Waals surface area (Å²) in [7, 11) is 1.51. The monoisotopic (exact) mass is 1590 g/mol. The number of ether oxygens (including phenoxy) is 4. The van der Waals surface area contributed by atoms with E-state index < -0.39 is 192 Å². The Morgan fingerprint density at radius 2 is 1.27 bits per heavy atom. The average molecular weight is 1590 g/mol. The minimum atomic E-state index is -2.31. The number of aryl methyl sites for hydroxylation is 1. The molecule has 1 saturated heterocycles. The Morgan fingerprint density at radius 3 is 1.92 bits per heavy atom. The van der Waals surface area contributed by atoms with Crippen molar-refractivity contribution in [3.63, 3.8) is 0 Å². The SMILES string of the molecule is CCCCCCCCCNC(=O)NC(=O)C[C@@H]1NC(=O)[C@H](NC(=O)[C@@H](CC(C)C)NC)[C@H](O)c2ccc(c(C)c2)Oc2cc3cc(c2O[C@@H]2O[C@H](CN)[C@@H](O)[C@H](O)[C@H]2O)Oc2ccc(cc2Cl)[C@@H](O)[C@@H]2NC(=O)[C@H](NC(=O)C3NC1=O)c1ccc(O)c(c1)-c1c(O)cc(O)cc1[C@@H](C(=O)NC1C3CC4CC(C3)CC1C4)NC2=O. The van der Waals surface area contributed by atoms with Crippen molar-refractivity contribution >= 4 is 64.9 Å². The molecule has 20 N–H and O–H groups in total. The summed E-state index contributed by atoms with van der Waals surface area (Å²) in [6.07, 6.45) is -3.35. The number of hydrogen-bond donors (Lipinski definition) is 19. The van der Waals surface area contributed by atoms with Crippen molar-refractivity contribution in [1.29, 1.82) is 0 Å². The van der Waals surface area contributed by atoms with Crippen LogP contribution >= 0.6 is 11.6 Å². The predicted molar refractivity (Wildman–Crippen MR) is 406 cm³/mol. The first-order valence-corrected chi connectivity index (χ1v) is 39.0. The number of likely N-dealkylation sites (N-methyl/N-ethyl adjacent to an activating group) is 1. The highest BCUT2D eigenvalue weighted by molar-refractivity contribution is 6.32. The lowest BCUT2D eigenvalue weighted by Gasteiger charge is -2.54. The molecule has 1 unspecified atom stereocenters. The second-order valence-electron chi connectivity index (χ2n) is 31.2. The molecule has 15 bridgehead atoms. The maximum absolute atomic E-state index is 16.4. The molecule has 0 spiro atoms. The predicted octanol–water partition coefficient (Wildman–Crippen LogP) is 4.44. The summed E-state index contributed by atoms with van der Waals surface area (Å²) in [5.74, 6) is -12.3. The number of carbonyl (C=O) groups is 9. The van der Waals surface area contributed by atoms with E-state index in [1.807, 2.05) is 13.8 Å². The number of phenols is 3. The summed E-state index contributed by atoms with van der Waals surface area (Å²) in [6, 6.07) is 0.287. The van der Waals surface area contributed by atoms with Crippen LogP contribution in [-0.2, 0) is 43.1 Å². The van der Waals surface area contributed by atoms with E-state index in [0.717, 1.165) is 113 Å². The van der Waals surface area contributed by atoms with Crippen LogP contribution in [-0.4, -0.2) is 175 Å². The third kappa shape index (κ3) is 18.5. The number of nitrogens with two attached hydrogens (primary N) is 1. The van der Waals surface area contributed by atoms with Gasteiger partial charge in [-0.05, 0) is 176 Å². The summed E-state index contributed by atoms with van der Waals surface area (Å²) in [5.41, 5.74) is 4.38. The van der Waals surface area contributed by atoms with Gasteiger partial charge < -0.3 is 113 Å². The summed E-state index contributed by atoms with van der Waals surface area (Å²) < 4.78 is 25.9. The van der Waals surface area contributed by atoms with Crippen molar-refractivity contribution in [2.75, 3.05) is 20.1 Å². The zero-order valence-electron chi connectivity index (χ0n) is 63.2. The van der Waals surface area contributed by atoms with Gasteiger partial charge in [-0.15, -0.1) is 0 Å². The Hall–Kier alpha value is -9.90. The van der Waals surface area contributed by atoms with Crippen LogP contribution in [0.1, 0.15) is 174 Å². The van der Waals surface area contributed by atoms with Gasteiger partial charge in [-0.25, -0.2) is 4.79 Å². The minimum Gasteiger partial charge on any atom is -0.508 e. The molecular formula is C80H100ClN11O21. The van der Waals surface area contributed by atoms with Gasteiger partial charge in [0.1, 0.15) is 102 Å². The molecule has 14 atom stereocenters. The largest absolute Gasteiger partial charge is 0.508 e. The van der Waals surface area contributed by atoms with E-state index in [2.05, 4.69) is 60.1 Å². The lowest BCUT2D eigenvalue weighted by atomic mass is 9.54. The Bertz CT molecular complexity index is 4400. The smallest absolute Gasteiger partial charge is 0.321 e. The standard InChI is InChI=1S/C80H100ClN11O21/c1-6-7-8-9-10-11-12-19-84-80(109)86-58(96)33-50-73(103)88-62-44-29-55(110-53-17-14-40(21-36(53)4)66(97)64(77(107)85-50)91-72(102)49(83-5)20-35(2)3)71(113-79-70(101)69(100)68(99)57(34-82)112-79)56(30-44)111-54-18-15-41(28-48(54)81)67(98)65-78(108)90-63(76(106)87-60-42-23-37-22-38(25-42)26-43(60)24-37)47-31-45(93)32-52(95)59(47)46-27-39(13-16-51(46)94)61(74(104)92-65)89-75(62)105/h13-18,21,27-32,35,37-38,42-43,49-50,57,60-70,79,83,93-95,97-101H,6-12,19-20,22-26,33-34,82H2,1-5H3,(H,85,107)(H,87,106)(H,88,103)(H,89,105)(H,90,108)(H,91,102)(H,92,104)(H2,84,86,96,109)/t37?,38?,42?,43?,49-,50+,57-,60?,61-,62?,63+,64-,65+,66-,67-,68-,69+,70-,79+/m1/s1. The van der Waals surface area contributed by atoms with Crippen molar-refractivity contribution in [2.45, 2.75) is 209 Å². The zero-order chi connectivity index (χ0) is 81.0. The van der Waals surface area contributed by atoms with Crippen molar-refractivity contribution in [3.05, 3.63) is 117 Å². The molecule has 4 aliphatic carbocycles. The summed E-state index contributed by atoms with van der Waals surface area (Å²) in [4.78, 5) is 137. The van der Waals surface area contributed by atoms with Gasteiger partial charge in [0.05, 0.1) is 17.5 Å². The number of carbonyl (C=O) groups excluding carboxylic acids is 9. The van der Waals surface area contributed by atoms with E-state index in [1.54, 1.807) is 0 Å². The van der Waals surface area contributed by atoms with Crippen LogP contribution in [0.15, 0.2) is 78.9 Å². The highest BCUT2D eigenvalue weighted by Gasteiger charge is 2.51. The van der Waals surface area contributed by atoms with E-state index >= 15 is 28.8 Å². The first kappa shape index (κ1) is 82.6. The molecule has 5 fully saturated rings. The number of phenolic OH excluding ortho intramolecular Hbond substituents is 3. The Labute approximate surface area is 656 Å². The number of aliphatic hydroxyl groups excluding tert-OH is 5. The Kier molecular flexibility index (Phi) is 26.0. The molecule has 6 heterocycles. The van der Waals surface area contributed by atoms with E-state index in [1.165, 1.54) is 50.4 Å². The number of benzene rings is 5. The minimum absolute atomic E-state index is 0.0204. The number of amides is 10. The molecule has 33 heteroatoms. The quantitative estimate of drug-likeness (QED) is 0.0479. The Balaban J connectivity index is 1.03. The van der Waals surface area contributed by atoms with Crippen LogP contribution in [0, 0.1) is 36.5 Å². The number of urea groups is 1. The van der Waals surface area contributed by atoms with Crippen LogP contribution in [0.5, 0.6) is 46.0 Å². The molecule has 5 aromatic carbocycles. The lowest BCUT2D eigenvalue weighted by Crippen LogP contribution is -2.60. The fraction of sp³-hybridized carbons (Fsp3) is 0.512. The topological polar surface area (TPSA) is 499 Å². The molecule has 15 rings (SSSR count). The number of halogens is 1. The second kappa shape index (κ2) is 35.6. The molecule has 0 radical (unpaired) electrons. The van der Waals surface area contributed by atoms with Crippen LogP contribution < -0.4 is 73.1 Å². The maximum Gasteiger partial charge on any atom is 0.321 e. The highest BCUT2D eigenvalue weighted by atomic mass is 35.5. The summed E-state index contributed by atoms with van der Waals surface area (Å²) in [6.45, 7) is 7.02. The van der Waals surface area contributed by atoms with Gasteiger partial charge in [-0.1, -0.05) is 89.1 Å². The molecule has 6 aliphatic heterocycles. The van der Waals surface area contributed by atoms with E-state index in [-0.39, 0.29) is 92.2 Å². The van der Waals surface area contributed by atoms with Crippen molar-refractivity contribution in [3.8, 4) is 57.1 Å². The normalized spacial score (nSPS) is 28.2. The Morgan fingerprint density at radius 1 is 0.637 bits per heavy atom. The third-order valence-corrected chi connectivity index (χ3v) is 22.8. The van der Waals surface area contributed by atoms with Crippen molar-refractivity contribution < 1.29 is 103 Å². The first-order valence-electron chi connectivity index (χ1n) is 38.6. The average Bonchev–Trinajstić information content (AvgIpc) is 0.755. The van der Waals surface area contributed by atoms with Gasteiger partial charge in [0.2, 0.25) is 59.3 Å². The summed E-state index contributed by atoms with van der Waals surface area (Å²) >= 11 is 7.18. The molecule has 5 aromatic rings. The molecule has 32 nitrogen and oxygen atoms in total. The molecule has 10 aliphatic rings. The zero-order valence-corrected chi connectivity index (χ0v) is 64.0. The number of rotatable bonds is 20. The van der Waals surface area contributed by atoms with Gasteiger partial charge in [-0.3, -0.25) is 43.7 Å². The molecular weight excluding hydrogens is 1490 g/mol. The first-order chi connectivity index (χ1) is 54.0. The van der Waals surface area contributed by atoms with E-state index in [0.29, 0.717) is 18.3 Å². The number of aromatic hydroxyl groups is 3. The van der Waals surface area contributed by atoms with Crippen molar-refractivity contribution in [2.24, 2.45) is 35.3 Å². The van der Waals surface area contributed by atoms with Gasteiger partial charge in [0, 0.05) is 36.3 Å². The number of hydrogen-bond acceptors (Lipinski definition) is 23. The fourth-order valence-corrected chi connectivity index (χ4v) is 17.1. The second-order valence-corrected chi connectivity index (χ2v) is 31.6. The van der Waals surface area contributed by atoms with E-state index in [4.69, 9.17) is 36.3 Å². The van der Waals surface area contributed by atoms with Gasteiger partial charge in [0.15, 0.2) is 11.5 Å². The van der Waals surface area contributed by atoms with Gasteiger partial charge in [-0.2, -0.15) is 0 Å². The van der Waals surface area contributed by atoms with Crippen LogP contribution in [0.25, 0.3) is 11.1 Å². The molecule has 0 aromatic heterocycles. The van der Waals surface area contributed by atoms with Crippen LogP contribution in [0.2, 0.25) is 5.02 Å². The third-order valence-electron chi connectivity index (χ3n) is 22.5. The maximum atomic E-state index is 16.4. The molecule has 4 saturated carbocycles. The van der Waals surface area contributed by atoms with E-state index in [9.17, 15) is 55.2 Å². The molecule has 10 amide bonds. The lowest BCUT2D eigenvalue weighted by molar-refractivity contribution is -0.270. The van der Waals surface area contributed by atoms with Gasteiger partial charge in [0.25, 0.3) is 0 Å². The fourth-order valence-electron chi connectivity index (χ4n) is 16.9. The van der Waals surface area contributed by atoms with Gasteiger partial charge >= 0.3 is 6.03 Å². The number of fused-ring (bicyclic) bond motifs is 15.